The zero-order chi connectivity index (χ0) is 13.9. The highest BCUT2D eigenvalue weighted by Crippen LogP contribution is 2.28. The number of aromatic nitrogens is 1. The van der Waals surface area contributed by atoms with Gasteiger partial charge in [-0.1, -0.05) is 31.0 Å². The maximum atomic E-state index is 4.61. The van der Waals surface area contributed by atoms with E-state index in [4.69, 9.17) is 0 Å². The van der Waals surface area contributed by atoms with E-state index in [1.54, 1.807) is 0 Å². The molecule has 1 heterocycles. The summed E-state index contributed by atoms with van der Waals surface area (Å²) in [5, 5.41) is 5.01. The molecule has 1 aromatic carbocycles. The molecule has 0 aliphatic heterocycles. The molecular formula is C18H24N2. The van der Waals surface area contributed by atoms with Gasteiger partial charge in [0.25, 0.3) is 0 Å². The Hall–Kier alpha value is -1.41. The number of rotatable bonds is 4. The largest absolute Gasteiger partial charge is 0.310 e. The Bertz CT molecular complexity index is 585. The molecule has 0 amide bonds. The van der Waals surface area contributed by atoms with Crippen molar-refractivity contribution in [2.24, 2.45) is 5.92 Å². The molecule has 0 unspecified atom stereocenters. The lowest BCUT2D eigenvalue weighted by atomic mass is 9.99. The molecule has 1 aromatic heterocycles. The summed E-state index contributed by atoms with van der Waals surface area (Å²) in [6, 6.07) is 11.3. The summed E-state index contributed by atoms with van der Waals surface area (Å²) < 4.78 is 0. The fourth-order valence-electron chi connectivity index (χ4n) is 3.44. The standard InChI is InChI=1S/C18H24N2/c1-13-11-16(17-9-5-6-10-18(17)20-13)12-19-14(2)15-7-3-4-8-15/h5-6,9-11,14-15,19H,3-4,7-8,12H2,1-2H3/t14-/m0/s1. The first kappa shape index (κ1) is 13.6. The van der Waals surface area contributed by atoms with Crippen LogP contribution in [0.1, 0.15) is 43.9 Å². The van der Waals surface area contributed by atoms with Crippen LogP contribution in [0.25, 0.3) is 10.9 Å². The van der Waals surface area contributed by atoms with Crippen molar-refractivity contribution in [1.29, 1.82) is 0 Å². The molecule has 0 spiro atoms. The first-order valence-corrected chi connectivity index (χ1v) is 7.82. The lowest BCUT2D eigenvalue weighted by molar-refractivity contribution is 0.381. The Balaban J connectivity index is 1.76. The summed E-state index contributed by atoms with van der Waals surface area (Å²) in [4.78, 5) is 4.61. The topological polar surface area (TPSA) is 24.9 Å². The van der Waals surface area contributed by atoms with Gasteiger partial charge in [-0.15, -0.1) is 0 Å². The predicted molar refractivity (Wildman–Crippen MR) is 84.7 cm³/mol. The van der Waals surface area contributed by atoms with Crippen molar-refractivity contribution in [3.63, 3.8) is 0 Å². The molecule has 0 radical (unpaired) electrons. The minimum atomic E-state index is 0.615. The van der Waals surface area contributed by atoms with Gasteiger partial charge in [-0.3, -0.25) is 4.98 Å². The van der Waals surface area contributed by atoms with Crippen molar-refractivity contribution in [2.75, 3.05) is 0 Å². The van der Waals surface area contributed by atoms with Crippen LogP contribution >= 0.6 is 0 Å². The van der Waals surface area contributed by atoms with E-state index in [1.807, 2.05) is 0 Å². The summed E-state index contributed by atoms with van der Waals surface area (Å²) in [5.41, 5.74) is 3.59. The summed E-state index contributed by atoms with van der Waals surface area (Å²) in [6.07, 6.45) is 5.61. The molecule has 1 N–H and O–H groups in total. The lowest BCUT2D eigenvalue weighted by Gasteiger charge is -2.21. The van der Waals surface area contributed by atoms with Crippen molar-refractivity contribution < 1.29 is 0 Å². The zero-order valence-electron chi connectivity index (χ0n) is 12.5. The van der Waals surface area contributed by atoms with E-state index in [0.29, 0.717) is 6.04 Å². The second kappa shape index (κ2) is 5.92. The van der Waals surface area contributed by atoms with E-state index in [0.717, 1.165) is 23.7 Å². The van der Waals surface area contributed by atoms with Gasteiger partial charge in [-0.2, -0.15) is 0 Å². The molecule has 1 aliphatic carbocycles. The van der Waals surface area contributed by atoms with Crippen molar-refractivity contribution >= 4 is 10.9 Å². The number of pyridine rings is 1. The summed E-state index contributed by atoms with van der Waals surface area (Å²) in [5.74, 6) is 0.865. The van der Waals surface area contributed by atoms with Crippen LogP contribution in [-0.4, -0.2) is 11.0 Å². The number of hydrogen-bond acceptors (Lipinski definition) is 2. The van der Waals surface area contributed by atoms with Crippen LogP contribution in [0.5, 0.6) is 0 Å². The van der Waals surface area contributed by atoms with Gasteiger partial charge in [-0.25, -0.2) is 0 Å². The third-order valence-corrected chi connectivity index (χ3v) is 4.65. The third kappa shape index (κ3) is 2.85. The van der Waals surface area contributed by atoms with Gasteiger partial charge in [0.2, 0.25) is 0 Å². The molecule has 1 fully saturated rings. The summed E-state index contributed by atoms with van der Waals surface area (Å²) >= 11 is 0. The first-order chi connectivity index (χ1) is 9.74. The van der Waals surface area contributed by atoms with Gasteiger partial charge in [0, 0.05) is 23.7 Å². The number of fused-ring (bicyclic) bond motifs is 1. The lowest BCUT2D eigenvalue weighted by Crippen LogP contribution is -2.31. The van der Waals surface area contributed by atoms with Crippen molar-refractivity contribution in [1.82, 2.24) is 10.3 Å². The van der Waals surface area contributed by atoms with Crippen LogP contribution in [0, 0.1) is 12.8 Å². The molecule has 1 saturated carbocycles. The van der Waals surface area contributed by atoms with Crippen LogP contribution in [-0.2, 0) is 6.54 Å². The van der Waals surface area contributed by atoms with Crippen molar-refractivity contribution in [3.05, 3.63) is 41.6 Å². The number of benzene rings is 1. The smallest absolute Gasteiger partial charge is 0.0708 e. The average Bonchev–Trinajstić information content (AvgIpc) is 2.98. The Labute approximate surface area is 121 Å². The molecule has 106 valence electrons. The normalized spacial score (nSPS) is 17.7. The molecule has 2 nitrogen and oxygen atoms in total. The van der Waals surface area contributed by atoms with Gasteiger partial charge in [0.15, 0.2) is 0 Å². The van der Waals surface area contributed by atoms with Crippen molar-refractivity contribution in [2.45, 2.75) is 52.1 Å². The molecule has 3 rings (SSSR count). The van der Waals surface area contributed by atoms with Gasteiger partial charge < -0.3 is 5.32 Å². The summed E-state index contributed by atoms with van der Waals surface area (Å²) in [7, 11) is 0. The SMILES string of the molecule is Cc1cc(CN[C@@H](C)C2CCCC2)c2ccccc2n1. The fraction of sp³-hybridized carbons (Fsp3) is 0.500. The molecule has 2 heteroatoms. The average molecular weight is 268 g/mol. The Morgan fingerprint density at radius 3 is 2.80 bits per heavy atom. The number of aryl methyl sites for hydroxylation is 1. The Kier molecular flexibility index (Phi) is 4.02. The van der Waals surface area contributed by atoms with E-state index < -0.39 is 0 Å². The molecule has 20 heavy (non-hydrogen) atoms. The van der Waals surface area contributed by atoms with Crippen LogP contribution < -0.4 is 5.32 Å². The summed E-state index contributed by atoms with van der Waals surface area (Å²) in [6.45, 7) is 5.37. The van der Waals surface area contributed by atoms with Crippen LogP contribution in [0.3, 0.4) is 0 Å². The van der Waals surface area contributed by atoms with Gasteiger partial charge in [-0.05, 0) is 50.3 Å². The van der Waals surface area contributed by atoms with E-state index in [-0.39, 0.29) is 0 Å². The van der Waals surface area contributed by atoms with E-state index in [1.165, 1.54) is 36.6 Å². The van der Waals surface area contributed by atoms with Gasteiger partial charge in [0.05, 0.1) is 5.52 Å². The minimum Gasteiger partial charge on any atom is -0.310 e. The van der Waals surface area contributed by atoms with E-state index in [2.05, 4.69) is 54.5 Å². The molecule has 0 bridgehead atoms. The molecule has 1 aliphatic rings. The highest BCUT2D eigenvalue weighted by molar-refractivity contribution is 5.82. The molecule has 0 saturated heterocycles. The first-order valence-electron chi connectivity index (χ1n) is 7.82. The maximum Gasteiger partial charge on any atom is 0.0708 e. The quantitative estimate of drug-likeness (QED) is 0.898. The van der Waals surface area contributed by atoms with Crippen LogP contribution in [0.15, 0.2) is 30.3 Å². The molecule has 1 atom stereocenters. The van der Waals surface area contributed by atoms with Crippen LogP contribution in [0.2, 0.25) is 0 Å². The van der Waals surface area contributed by atoms with Gasteiger partial charge >= 0.3 is 0 Å². The highest BCUT2D eigenvalue weighted by Gasteiger charge is 2.21. The number of para-hydroxylation sites is 1. The third-order valence-electron chi connectivity index (χ3n) is 4.65. The number of nitrogens with zero attached hydrogens (tertiary/aromatic N) is 1. The molecule has 2 aromatic rings. The van der Waals surface area contributed by atoms with Gasteiger partial charge in [0.1, 0.15) is 0 Å². The van der Waals surface area contributed by atoms with Crippen LogP contribution in [0.4, 0.5) is 0 Å². The Morgan fingerprint density at radius 2 is 2.00 bits per heavy atom. The fourth-order valence-corrected chi connectivity index (χ4v) is 3.44. The van der Waals surface area contributed by atoms with E-state index >= 15 is 0 Å². The maximum absolute atomic E-state index is 4.61. The number of hydrogen-bond donors (Lipinski definition) is 1. The van der Waals surface area contributed by atoms with Crippen molar-refractivity contribution in [3.8, 4) is 0 Å². The highest BCUT2D eigenvalue weighted by atomic mass is 14.9. The van der Waals surface area contributed by atoms with E-state index in [9.17, 15) is 0 Å². The predicted octanol–water partition coefficient (Wildman–Crippen LogP) is 4.21. The Morgan fingerprint density at radius 1 is 1.25 bits per heavy atom. The second-order valence-electron chi connectivity index (χ2n) is 6.15. The second-order valence-corrected chi connectivity index (χ2v) is 6.15. The monoisotopic (exact) mass is 268 g/mol. The number of nitrogens with one attached hydrogen (secondary N) is 1. The minimum absolute atomic E-state index is 0.615. The zero-order valence-corrected chi connectivity index (χ0v) is 12.5. The molecular weight excluding hydrogens is 244 g/mol.